The van der Waals surface area contributed by atoms with Crippen molar-refractivity contribution in [1.82, 2.24) is 0 Å². The van der Waals surface area contributed by atoms with Crippen molar-refractivity contribution >= 4 is 0 Å². The summed E-state index contributed by atoms with van der Waals surface area (Å²) in [6.45, 7) is 6.52. The molecule has 1 aromatic rings. The molecule has 18 heavy (non-hydrogen) atoms. The Morgan fingerprint density at radius 3 is 2.50 bits per heavy atom. The van der Waals surface area contributed by atoms with Gasteiger partial charge in [-0.3, -0.25) is 0 Å². The van der Waals surface area contributed by atoms with Crippen LogP contribution >= 0.6 is 0 Å². The van der Waals surface area contributed by atoms with E-state index >= 15 is 0 Å². The highest BCUT2D eigenvalue weighted by Crippen LogP contribution is 2.31. The van der Waals surface area contributed by atoms with Crippen LogP contribution in [0.25, 0.3) is 0 Å². The fraction of sp³-hybridized carbons (Fsp3) is 0.529. The number of rotatable bonds is 3. The summed E-state index contributed by atoms with van der Waals surface area (Å²) in [6.07, 6.45) is 5.08. The Balaban J connectivity index is 1.98. The van der Waals surface area contributed by atoms with Gasteiger partial charge in [-0.05, 0) is 50.5 Å². The molecule has 0 radical (unpaired) electrons. The van der Waals surface area contributed by atoms with Crippen LogP contribution in [0, 0.1) is 18.8 Å². The van der Waals surface area contributed by atoms with E-state index in [0.29, 0.717) is 11.8 Å². The summed E-state index contributed by atoms with van der Waals surface area (Å²) in [5.74, 6) is 1.03. The smallest absolute Gasteiger partial charge is 0.0611 e. The van der Waals surface area contributed by atoms with Crippen molar-refractivity contribution in [3.8, 4) is 0 Å². The number of benzene rings is 1. The number of aliphatic hydroxyl groups excluding tert-OH is 1. The van der Waals surface area contributed by atoms with Gasteiger partial charge >= 0.3 is 0 Å². The number of hydrogen-bond donors (Lipinski definition) is 1. The molecule has 0 heterocycles. The van der Waals surface area contributed by atoms with Gasteiger partial charge in [0.1, 0.15) is 0 Å². The molecule has 0 aromatic heterocycles. The number of hydrogen-bond acceptors (Lipinski definition) is 1. The molecule has 0 saturated heterocycles. The third kappa shape index (κ3) is 3.46. The van der Waals surface area contributed by atoms with Crippen LogP contribution in [-0.4, -0.2) is 11.2 Å². The van der Waals surface area contributed by atoms with Crippen molar-refractivity contribution in [2.45, 2.75) is 46.1 Å². The van der Waals surface area contributed by atoms with E-state index in [1.54, 1.807) is 0 Å². The number of aliphatic hydroxyl groups is 1. The Bertz CT molecular complexity index is 416. The zero-order valence-electron chi connectivity index (χ0n) is 11.7. The molecule has 0 spiro atoms. The maximum Gasteiger partial charge on any atom is 0.0611 e. The highest BCUT2D eigenvalue weighted by Gasteiger charge is 2.24. The largest absolute Gasteiger partial charge is 0.392 e. The van der Waals surface area contributed by atoms with Crippen LogP contribution in [0.4, 0.5) is 0 Å². The molecule has 0 amide bonds. The topological polar surface area (TPSA) is 20.2 Å². The van der Waals surface area contributed by atoms with E-state index in [1.165, 1.54) is 16.7 Å². The standard InChI is InChI=1S/C17H24O/c1-12-4-6-15(7-5-12)11-17(18)16-9-13(2)8-14(3)10-16/h4-8,13,16-18H,9-11H2,1-3H3. The summed E-state index contributed by atoms with van der Waals surface area (Å²) in [6, 6.07) is 8.51. The van der Waals surface area contributed by atoms with E-state index < -0.39 is 0 Å². The molecule has 0 bridgehead atoms. The molecule has 1 aliphatic carbocycles. The third-order valence-electron chi connectivity index (χ3n) is 3.94. The molecule has 1 N–H and O–H groups in total. The Kier molecular flexibility index (Phi) is 4.23. The lowest BCUT2D eigenvalue weighted by atomic mass is 9.79. The zero-order chi connectivity index (χ0) is 13.1. The van der Waals surface area contributed by atoms with Crippen molar-refractivity contribution in [2.24, 2.45) is 11.8 Å². The second-order valence-electron chi connectivity index (χ2n) is 5.95. The quantitative estimate of drug-likeness (QED) is 0.800. The van der Waals surface area contributed by atoms with Crippen molar-refractivity contribution in [2.75, 3.05) is 0 Å². The van der Waals surface area contributed by atoms with Crippen LogP contribution in [0.2, 0.25) is 0 Å². The van der Waals surface area contributed by atoms with Crippen molar-refractivity contribution in [1.29, 1.82) is 0 Å². The van der Waals surface area contributed by atoms with Gasteiger partial charge in [-0.2, -0.15) is 0 Å². The highest BCUT2D eigenvalue weighted by molar-refractivity contribution is 5.22. The molecule has 0 aliphatic heterocycles. The molecule has 3 unspecified atom stereocenters. The minimum absolute atomic E-state index is 0.209. The SMILES string of the molecule is CC1=CC(C)CC(C(O)Cc2ccc(C)cc2)C1. The van der Waals surface area contributed by atoms with Gasteiger partial charge in [-0.1, -0.05) is 48.4 Å². The molecular weight excluding hydrogens is 220 g/mol. The first-order valence-electron chi connectivity index (χ1n) is 6.95. The van der Waals surface area contributed by atoms with Gasteiger partial charge in [-0.25, -0.2) is 0 Å². The predicted octanol–water partition coefficient (Wildman–Crippen LogP) is 3.89. The van der Waals surface area contributed by atoms with Gasteiger partial charge in [0.15, 0.2) is 0 Å². The second kappa shape index (κ2) is 5.71. The van der Waals surface area contributed by atoms with E-state index in [2.05, 4.69) is 51.1 Å². The lowest BCUT2D eigenvalue weighted by Crippen LogP contribution is -2.27. The van der Waals surface area contributed by atoms with Crippen LogP contribution in [0.15, 0.2) is 35.9 Å². The van der Waals surface area contributed by atoms with Gasteiger partial charge in [-0.15, -0.1) is 0 Å². The van der Waals surface area contributed by atoms with Crippen LogP contribution in [0.1, 0.15) is 37.8 Å². The Morgan fingerprint density at radius 2 is 1.89 bits per heavy atom. The predicted molar refractivity (Wildman–Crippen MR) is 76.5 cm³/mol. The van der Waals surface area contributed by atoms with E-state index in [4.69, 9.17) is 0 Å². The summed E-state index contributed by atoms with van der Waals surface area (Å²) < 4.78 is 0. The Hall–Kier alpha value is -1.08. The van der Waals surface area contributed by atoms with Crippen LogP contribution in [0.3, 0.4) is 0 Å². The maximum atomic E-state index is 10.4. The van der Waals surface area contributed by atoms with Gasteiger partial charge in [0.25, 0.3) is 0 Å². The summed E-state index contributed by atoms with van der Waals surface area (Å²) in [4.78, 5) is 0. The molecule has 1 nitrogen and oxygen atoms in total. The minimum Gasteiger partial charge on any atom is -0.392 e. The molecule has 1 heteroatoms. The van der Waals surface area contributed by atoms with E-state index in [0.717, 1.165) is 19.3 Å². The molecule has 98 valence electrons. The maximum absolute atomic E-state index is 10.4. The second-order valence-corrected chi connectivity index (χ2v) is 5.95. The lowest BCUT2D eigenvalue weighted by Gasteiger charge is -2.29. The number of aryl methyl sites for hydroxylation is 1. The van der Waals surface area contributed by atoms with Gasteiger partial charge in [0.05, 0.1) is 6.10 Å². The highest BCUT2D eigenvalue weighted by atomic mass is 16.3. The van der Waals surface area contributed by atoms with Gasteiger partial charge in [0, 0.05) is 0 Å². The fourth-order valence-electron chi connectivity index (χ4n) is 3.02. The van der Waals surface area contributed by atoms with Crippen molar-refractivity contribution in [3.63, 3.8) is 0 Å². The molecule has 1 aliphatic rings. The van der Waals surface area contributed by atoms with E-state index in [-0.39, 0.29) is 6.10 Å². The molecule has 1 aromatic carbocycles. The van der Waals surface area contributed by atoms with Crippen molar-refractivity contribution < 1.29 is 5.11 Å². The van der Waals surface area contributed by atoms with Crippen molar-refractivity contribution in [3.05, 3.63) is 47.0 Å². The first-order valence-corrected chi connectivity index (χ1v) is 6.95. The van der Waals surface area contributed by atoms with E-state index in [9.17, 15) is 5.11 Å². The van der Waals surface area contributed by atoms with Crippen LogP contribution in [0.5, 0.6) is 0 Å². The fourth-order valence-corrected chi connectivity index (χ4v) is 3.02. The normalized spacial score (nSPS) is 25.7. The molecule has 3 atom stereocenters. The molecule has 0 fully saturated rings. The van der Waals surface area contributed by atoms with Gasteiger partial charge < -0.3 is 5.11 Å². The summed E-state index contributed by atoms with van der Waals surface area (Å²) in [7, 11) is 0. The Labute approximate surface area is 111 Å². The first-order chi connectivity index (χ1) is 8.54. The summed E-state index contributed by atoms with van der Waals surface area (Å²) >= 11 is 0. The minimum atomic E-state index is -0.209. The molecule has 2 rings (SSSR count). The summed E-state index contributed by atoms with van der Waals surface area (Å²) in [5.41, 5.74) is 3.95. The van der Waals surface area contributed by atoms with Crippen LogP contribution < -0.4 is 0 Å². The average molecular weight is 244 g/mol. The van der Waals surface area contributed by atoms with E-state index in [1.807, 2.05) is 0 Å². The average Bonchev–Trinajstić information content (AvgIpc) is 2.31. The first kappa shape index (κ1) is 13.4. The zero-order valence-corrected chi connectivity index (χ0v) is 11.7. The Morgan fingerprint density at radius 1 is 1.22 bits per heavy atom. The van der Waals surface area contributed by atoms with Gasteiger partial charge in [0.2, 0.25) is 0 Å². The van der Waals surface area contributed by atoms with Crippen LogP contribution in [-0.2, 0) is 6.42 Å². The monoisotopic (exact) mass is 244 g/mol. The third-order valence-corrected chi connectivity index (χ3v) is 3.94. The molecule has 0 saturated carbocycles. The molecular formula is C17H24O. The summed E-state index contributed by atoms with van der Waals surface area (Å²) in [5, 5.41) is 10.4. The number of allylic oxidation sites excluding steroid dienone is 2. The lowest BCUT2D eigenvalue weighted by molar-refractivity contribution is 0.0932.